The van der Waals surface area contributed by atoms with Gasteiger partial charge in [0.1, 0.15) is 0 Å². The lowest BCUT2D eigenvalue weighted by molar-refractivity contribution is 1.47. The number of nitrogens with one attached hydrogen (secondary N) is 1. The molecule has 3 nitrogen and oxygen atoms in total. The van der Waals surface area contributed by atoms with Crippen LogP contribution in [0.1, 0.15) is 5.56 Å². The van der Waals surface area contributed by atoms with Crippen molar-refractivity contribution in [3.05, 3.63) is 54.1 Å². The van der Waals surface area contributed by atoms with Gasteiger partial charge >= 0.3 is 0 Å². The number of hydrogen-bond donors (Lipinski definition) is 2. The molecular formula is C13H11N3. The van der Waals surface area contributed by atoms with E-state index in [9.17, 15) is 0 Å². The molecule has 0 aliphatic heterocycles. The molecule has 0 heterocycles. The molecule has 0 amide bonds. The van der Waals surface area contributed by atoms with E-state index in [-0.39, 0.29) is 0 Å². The molecule has 0 unspecified atom stereocenters. The standard InChI is InChI=1S/C13H11N3/c14-9-10-6-7-13(12(15)8-10)16-11-4-2-1-3-5-11/h1-8,16H,15H2. The van der Waals surface area contributed by atoms with Gasteiger partial charge in [-0.3, -0.25) is 0 Å². The van der Waals surface area contributed by atoms with E-state index < -0.39 is 0 Å². The van der Waals surface area contributed by atoms with Gasteiger partial charge in [-0.05, 0) is 30.3 Å². The summed E-state index contributed by atoms with van der Waals surface area (Å²) in [6.45, 7) is 0. The number of rotatable bonds is 2. The SMILES string of the molecule is N#Cc1ccc(Nc2ccccc2)c(N)c1. The molecule has 3 N–H and O–H groups in total. The van der Waals surface area contributed by atoms with Gasteiger partial charge < -0.3 is 11.1 Å². The normalized spacial score (nSPS) is 9.44. The van der Waals surface area contributed by atoms with Gasteiger partial charge in [0.15, 0.2) is 0 Å². The fourth-order valence-electron chi connectivity index (χ4n) is 1.42. The zero-order chi connectivity index (χ0) is 11.4. The first-order chi connectivity index (χ1) is 7.79. The number of nitrogen functional groups attached to an aromatic ring is 1. The van der Waals surface area contributed by atoms with Gasteiger partial charge in [-0.2, -0.15) is 5.26 Å². The second-order valence-corrected chi connectivity index (χ2v) is 3.40. The van der Waals surface area contributed by atoms with Crippen LogP contribution >= 0.6 is 0 Å². The van der Waals surface area contributed by atoms with Crippen LogP contribution < -0.4 is 11.1 Å². The Hall–Kier alpha value is -2.47. The van der Waals surface area contributed by atoms with Crippen molar-refractivity contribution in [1.82, 2.24) is 0 Å². The van der Waals surface area contributed by atoms with E-state index in [0.29, 0.717) is 11.3 Å². The predicted molar refractivity (Wildman–Crippen MR) is 65.3 cm³/mol. The van der Waals surface area contributed by atoms with Crippen LogP contribution in [0.3, 0.4) is 0 Å². The maximum absolute atomic E-state index is 8.72. The minimum atomic E-state index is 0.566. The number of nitrogens with two attached hydrogens (primary N) is 1. The molecule has 0 aliphatic carbocycles. The van der Waals surface area contributed by atoms with E-state index in [0.717, 1.165) is 11.4 Å². The fourth-order valence-corrected chi connectivity index (χ4v) is 1.42. The molecule has 3 heteroatoms. The molecule has 0 aromatic heterocycles. The molecule has 2 aromatic rings. The van der Waals surface area contributed by atoms with E-state index in [1.54, 1.807) is 18.2 Å². The average Bonchev–Trinajstić information content (AvgIpc) is 2.33. The van der Waals surface area contributed by atoms with Crippen molar-refractivity contribution < 1.29 is 0 Å². The molecule has 78 valence electrons. The van der Waals surface area contributed by atoms with Crippen molar-refractivity contribution in [2.24, 2.45) is 0 Å². The Morgan fingerprint density at radius 3 is 2.44 bits per heavy atom. The second kappa shape index (κ2) is 4.37. The van der Waals surface area contributed by atoms with Crippen LogP contribution in [-0.4, -0.2) is 0 Å². The van der Waals surface area contributed by atoms with Crippen LogP contribution in [0.25, 0.3) is 0 Å². The summed E-state index contributed by atoms with van der Waals surface area (Å²) >= 11 is 0. The van der Waals surface area contributed by atoms with Crippen molar-refractivity contribution in [3.8, 4) is 6.07 Å². The molecule has 0 saturated carbocycles. The molecule has 0 spiro atoms. The highest BCUT2D eigenvalue weighted by Gasteiger charge is 2.00. The van der Waals surface area contributed by atoms with Gasteiger partial charge in [0, 0.05) is 5.69 Å². The summed E-state index contributed by atoms with van der Waals surface area (Å²) in [4.78, 5) is 0. The third-order valence-corrected chi connectivity index (χ3v) is 2.23. The molecule has 0 saturated heterocycles. The second-order valence-electron chi connectivity index (χ2n) is 3.40. The van der Waals surface area contributed by atoms with Crippen LogP contribution in [-0.2, 0) is 0 Å². The third kappa shape index (κ3) is 2.12. The molecular weight excluding hydrogens is 198 g/mol. The molecule has 2 aromatic carbocycles. The minimum absolute atomic E-state index is 0.566. The van der Waals surface area contributed by atoms with Crippen LogP contribution in [0.15, 0.2) is 48.5 Å². The smallest absolute Gasteiger partial charge is 0.0992 e. The van der Waals surface area contributed by atoms with Gasteiger partial charge in [0.25, 0.3) is 0 Å². The van der Waals surface area contributed by atoms with Crippen LogP contribution in [0, 0.1) is 11.3 Å². The number of benzene rings is 2. The van der Waals surface area contributed by atoms with E-state index in [4.69, 9.17) is 11.0 Å². The first-order valence-corrected chi connectivity index (χ1v) is 4.91. The highest BCUT2D eigenvalue weighted by molar-refractivity contribution is 5.73. The van der Waals surface area contributed by atoms with Gasteiger partial charge in [0.2, 0.25) is 0 Å². The molecule has 0 aliphatic rings. The van der Waals surface area contributed by atoms with E-state index in [2.05, 4.69) is 11.4 Å². The van der Waals surface area contributed by atoms with Gasteiger partial charge in [-0.15, -0.1) is 0 Å². The van der Waals surface area contributed by atoms with E-state index in [1.165, 1.54) is 0 Å². The van der Waals surface area contributed by atoms with Gasteiger partial charge in [0.05, 0.1) is 23.0 Å². The molecule has 0 atom stereocenters. The molecule has 16 heavy (non-hydrogen) atoms. The maximum atomic E-state index is 8.72. The zero-order valence-corrected chi connectivity index (χ0v) is 8.64. The summed E-state index contributed by atoms with van der Waals surface area (Å²) in [7, 11) is 0. The van der Waals surface area contributed by atoms with Crippen molar-refractivity contribution in [2.75, 3.05) is 11.1 Å². The van der Waals surface area contributed by atoms with Crippen molar-refractivity contribution in [3.63, 3.8) is 0 Å². The molecule has 2 rings (SSSR count). The Labute approximate surface area is 94.1 Å². The van der Waals surface area contributed by atoms with Gasteiger partial charge in [-0.25, -0.2) is 0 Å². The first kappa shape index (κ1) is 10.1. The summed E-state index contributed by atoms with van der Waals surface area (Å²) in [5, 5.41) is 11.9. The van der Waals surface area contributed by atoms with Crippen molar-refractivity contribution in [2.45, 2.75) is 0 Å². The van der Waals surface area contributed by atoms with E-state index >= 15 is 0 Å². The van der Waals surface area contributed by atoms with Gasteiger partial charge in [-0.1, -0.05) is 18.2 Å². The quantitative estimate of drug-likeness (QED) is 0.747. The highest BCUT2D eigenvalue weighted by atomic mass is 14.9. The largest absolute Gasteiger partial charge is 0.397 e. The maximum Gasteiger partial charge on any atom is 0.0992 e. The molecule has 0 fully saturated rings. The average molecular weight is 209 g/mol. The Kier molecular flexibility index (Phi) is 2.75. The Morgan fingerprint density at radius 2 is 1.81 bits per heavy atom. The Morgan fingerprint density at radius 1 is 1.06 bits per heavy atom. The molecule has 0 bridgehead atoms. The van der Waals surface area contributed by atoms with Crippen LogP contribution in [0.4, 0.5) is 17.1 Å². The third-order valence-electron chi connectivity index (χ3n) is 2.23. The lowest BCUT2D eigenvalue weighted by Gasteiger charge is -2.08. The summed E-state index contributed by atoms with van der Waals surface area (Å²) in [5.41, 5.74) is 8.75. The fraction of sp³-hybridized carbons (Fsp3) is 0. The monoisotopic (exact) mass is 209 g/mol. The van der Waals surface area contributed by atoms with Crippen LogP contribution in [0.2, 0.25) is 0 Å². The number of para-hydroxylation sites is 1. The lowest BCUT2D eigenvalue weighted by Crippen LogP contribution is -1.96. The Bertz CT molecular complexity index is 527. The summed E-state index contributed by atoms with van der Waals surface area (Å²) in [5.74, 6) is 0. The first-order valence-electron chi connectivity index (χ1n) is 4.91. The summed E-state index contributed by atoms with van der Waals surface area (Å²) < 4.78 is 0. The van der Waals surface area contributed by atoms with Crippen LogP contribution in [0.5, 0.6) is 0 Å². The van der Waals surface area contributed by atoms with Crippen molar-refractivity contribution in [1.29, 1.82) is 5.26 Å². The topological polar surface area (TPSA) is 61.8 Å². The Balaban J connectivity index is 2.27. The van der Waals surface area contributed by atoms with E-state index in [1.807, 2.05) is 30.3 Å². The lowest BCUT2D eigenvalue weighted by atomic mass is 10.2. The number of nitriles is 1. The number of hydrogen-bond acceptors (Lipinski definition) is 3. The molecule has 0 radical (unpaired) electrons. The predicted octanol–water partition coefficient (Wildman–Crippen LogP) is 2.88. The number of anilines is 3. The summed E-state index contributed by atoms with van der Waals surface area (Å²) in [6, 6.07) is 17.0. The number of nitrogens with zero attached hydrogens (tertiary/aromatic N) is 1. The van der Waals surface area contributed by atoms with Crippen molar-refractivity contribution >= 4 is 17.1 Å². The minimum Gasteiger partial charge on any atom is -0.397 e. The highest BCUT2D eigenvalue weighted by Crippen LogP contribution is 2.23. The summed E-state index contributed by atoms with van der Waals surface area (Å²) in [6.07, 6.45) is 0. The zero-order valence-electron chi connectivity index (χ0n) is 8.64.